The molecule has 0 amide bonds. The van der Waals surface area contributed by atoms with Gasteiger partial charge in [-0.05, 0) is 23.6 Å². The average molecular weight is 203 g/mol. The minimum Gasteiger partial charge on any atom is -0.398 e. The average Bonchev–Trinajstić information content (AvgIpc) is 2.25. The van der Waals surface area contributed by atoms with Crippen LogP contribution in [0, 0.1) is 5.41 Å². The standard InChI is InChI=1S/C12H17N3/c1-3-9-4-5-10(6-12(9)14)11(7-13)8-15-2/h4-8,13,15H,3,14H2,1-2H3/b11-8+,13-7?. The number of allylic oxidation sites excluding steroid dienone is 1. The number of benzene rings is 1. The van der Waals surface area contributed by atoms with Crippen molar-refractivity contribution in [3.63, 3.8) is 0 Å². The van der Waals surface area contributed by atoms with Gasteiger partial charge in [-0.3, -0.25) is 0 Å². The molecule has 1 aromatic carbocycles. The zero-order valence-corrected chi connectivity index (χ0v) is 9.17. The molecule has 0 saturated heterocycles. The second kappa shape index (κ2) is 5.20. The van der Waals surface area contributed by atoms with E-state index in [0.717, 1.165) is 28.8 Å². The molecule has 0 unspecified atom stereocenters. The smallest absolute Gasteiger partial charge is 0.0352 e. The molecule has 3 heteroatoms. The number of rotatable bonds is 4. The van der Waals surface area contributed by atoms with Gasteiger partial charge in [0.05, 0.1) is 0 Å². The second-order valence-corrected chi connectivity index (χ2v) is 3.30. The van der Waals surface area contributed by atoms with Crippen LogP contribution >= 0.6 is 0 Å². The summed E-state index contributed by atoms with van der Waals surface area (Å²) in [6.45, 7) is 2.08. The number of hydrogen-bond acceptors (Lipinski definition) is 3. The van der Waals surface area contributed by atoms with E-state index in [4.69, 9.17) is 11.1 Å². The first kappa shape index (κ1) is 11.3. The van der Waals surface area contributed by atoms with E-state index < -0.39 is 0 Å². The Morgan fingerprint density at radius 2 is 2.27 bits per heavy atom. The van der Waals surface area contributed by atoms with Crippen LogP contribution in [0.15, 0.2) is 24.4 Å². The third-order valence-corrected chi connectivity index (χ3v) is 2.32. The minimum atomic E-state index is 0.791. The predicted molar refractivity (Wildman–Crippen MR) is 66.1 cm³/mol. The maximum Gasteiger partial charge on any atom is 0.0352 e. The van der Waals surface area contributed by atoms with E-state index in [1.54, 1.807) is 6.20 Å². The highest BCUT2D eigenvalue weighted by molar-refractivity contribution is 6.08. The first-order valence-electron chi connectivity index (χ1n) is 4.99. The molecule has 15 heavy (non-hydrogen) atoms. The Morgan fingerprint density at radius 3 is 2.73 bits per heavy atom. The Balaban J connectivity index is 3.11. The molecule has 3 nitrogen and oxygen atoms in total. The molecule has 0 spiro atoms. The van der Waals surface area contributed by atoms with E-state index >= 15 is 0 Å². The molecular weight excluding hydrogens is 186 g/mol. The first-order chi connectivity index (χ1) is 7.22. The van der Waals surface area contributed by atoms with Gasteiger partial charge in [0.15, 0.2) is 0 Å². The Morgan fingerprint density at radius 1 is 1.53 bits per heavy atom. The van der Waals surface area contributed by atoms with Crippen LogP contribution in [0.1, 0.15) is 18.1 Å². The van der Waals surface area contributed by atoms with Gasteiger partial charge in [-0.1, -0.05) is 19.1 Å². The number of hydrogen-bond donors (Lipinski definition) is 3. The van der Waals surface area contributed by atoms with Crippen LogP contribution in [-0.2, 0) is 6.42 Å². The lowest BCUT2D eigenvalue weighted by molar-refractivity contribution is 1.11. The molecule has 0 aromatic heterocycles. The lowest BCUT2D eigenvalue weighted by Crippen LogP contribution is -1.99. The molecule has 1 rings (SSSR count). The lowest BCUT2D eigenvalue weighted by atomic mass is 10.0. The second-order valence-electron chi connectivity index (χ2n) is 3.30. The summed E-state index contributed by atoms with van der Waals surface area (Å²) in [6, 6.07) is 5.91. The van der Waals surface area contributed by atoms with Crippen LogP contribution in [0.3, 0.4) is 0 Å². The molecule has 0 atom stereocenters. The highest BCUT2D eigenvalue weighted by atomic mass is 14.8. The fraction of sp³-hybridized carbons (Fsp3) is 0.250. The highest BCUT2D eigenvalue weighted by Crippen LogP contribution is 2.19. The third kappa shape index (κ3) is 2.59. The molecular formula is C12H17N3. The van der Waals surface area contributed by atoms with Gasteiger partial charge in [0.1, 0.15) is 0 Å². The molecule has 1 aromatic rings. The summed E-state index contributed by atoms with van der Waals surface area (Å²) in [4.78, 5) is 0. The maximum absolute atomic E-state index is 7.30. The number of anilines is 1. The van der Waals surface area contributed by atoms with E-state index in [9.17, 15) is 0 Å². The van der Waals surface area contributed by atoms with Crippen LogP contribution in [0.5, 0.6) is 0 Å². The van der Waals surface area contributed by atoms with Gasteiger partial charge in [-0.25, -0.2) is 0 Å². The van der Waals surface area contributed by atoms with E-state index in [0.29, 0.717) is 0 Å². The van der Waals surface area contributed by atoms with Crippen molar-refractivity contribution in [1.29, 1.82) is 5.41 Å². The molecule has 4 N–H and O–H groups in total. The summed E-state index contributed by atoms with van der Waals surface area (Å²) in [7, 11) is 1.81. The molecule has 0 saturated carbocycles. The zero-order valence-electron chi connectivity index (χ0n) is 9.17. The fourth-order valence-corrected chi connectivity index (χ4v) is 1.46. The van der Waals surface area contributed by atoms with E-state index in [2.05, 4.69) is 12.2 Å². The summed E-state index contributed by atoms with van der Waals surface area (Å²) < 4.78 is 0. The molecule has 0 aliphatic carbocycles. The van der Waals surface area contributed by atoms with Crippen LogP contribution in [0.25, 0.3) is 5.57 Å². The molecule has 0 aliphatic rings. The van der Waals surface area contributed by atoms with Crippen molar-refractivity contribution in [1.82, 2.24) is 5.32 Å². The predicted octanol–water partition coefficient (Wildman–Crippen LogP) is 2.04. The molecule has 80 valence electrons. The van der Waals surface area contributed by atoms with Crippen molar-refractivity contribution < 1.29 is 0 Å². The highest BCUT2D eigenvalue weighted by Gasteiger charge is 2.01. The quantitative estimate of drug-likeness (QED) is 0.518. The minimum absolute atomic E-state index is 0.791. The number of nitrogens with two attached hydrogens (primary N) is 1. The Bertz CT molecular complexity index is 380. The first-order valence-corrected chi connectivity index (χ1v) is 4.99. The molecule has 0 fully saturated rings. The largest absolute Gasteiger partial charge is 0.398 e. The molecule has 0 radical (unpaired) electrons. The molecule has 0 aliphatic heterocycles. The maximum atomic E-state index is 7.30. The lowest BCUT2D eigenvalue weighted by Gasteiger charge is -2.07. The van der Waals surface area contributed by atoms with Crippen molar-refractivity contribution in [3.8, 4) is 0 Å². The van der Waals surface area contributed by atoms with Gasteiger partial charge in [-0.15, -0.1) is 0 Å². The summed E-state index contributed by atoms with van der Waals surface area (Å²) in [6.07, 6.45) is 4.03. The van der Waals surface area contributed by atoms with Crippen LogP contribution in [0.2, 0.25) is 0 Å². The molecule has 0 heterocycles. The van der Waals surface area contributed by atoms with Gasteiger partial charge >= 0.3 is 0 Å². The SMILES string of the molecule is CCc1ccc(/C(C=N)=C/NC)cc1N. The van der Waals surface area contributed by atoms with Gasteiger partial charge in [0, 0.05) is 30.7 Å². The van der Waals surface area contributed by atoms with Crippen LogP contribution < -0.4 is 11.1 Å². The van der Waals surface area contributed by atoms with Crippen molar-refractivity contribution in [3.05, 3.63) is 35.5 Å². The topological polar surface area (TPSA) is 61.9 Å². The van der Waals surface area contributed by atoms with E-state index in [1.807, 2.05) is 25.2 Å². The van der Waals surface area contributed by atoms with Crippen LogP contribution in [-0.4, -0.2) is 13.3 Å². The van der Waals surface area contributed by atoms with Crippen molar-refractivity contribution >= 4 is 17.5 Å². The fourth-order valence-electron chi connectivity index (χ4n) is 1.46. The number of aryl methyl sites for hydroxylation is 1. The molecule has 0 bridgehead atoms. The summed E-state index contributed by atoms with van der Waals surface area (Å²) >= 11 is 0. The number of nitrogen functional groups attached to an aromatic ring is 1. The van der Waals surface area contributed by atoms with Gasteiger partial charge < -0.3 is 16.5 Å². The van der Waals surface area contributed by atoms with Crippen molar-refractivity contribution in [2.24, 2.45) is 0 Å². The van der Waals surface area contributed by atoms with E-state index in [1.165, 1.54) is 6.21 Å². The van der Waals surface area contributed by atoms with Gasteiger partial charge in [0.25, 0.3) is 0 Å². The normalized spacial score (nSPS) is 11.2. The summed E-state index contributed by atoms with van der Waals surface area (Å²) in [5.41, 5.74) is 9.63. The zero-order chi connectivity index (χ0) is 11.3. The monoisotopic (exact) mass is 203 g/mol. The van der Waals surface area contributed by atoms with Crippen molar-refractivity contribution in [2.45, 2.75) is 13.3 Å². The summed E-state index contributed by atoms with van der Waals surface area (Å²) in [5, 5.41) is 10.2. The third-order valence-electron chi connectivity index (χ3n) is 2.32. The Hall–Kier alpha value is -1.77. The Labute approximate surface area is 90.5 Å². The Kier molecular flexibility index (Phi) is 3.92. The van der Waals surface area contributed by atoms with E-state index in [-0.39, 0.29) is 0 Å². The number of nitrogens with one attached hydrogen (secondary N) is 2. The van der Waals surface area contributed by atoms with Gasteiger partial charge in [0.2, 0.25) is 0 Å². The van der Waals surface area contributed by atoms with Crippen molar-refractivity contribution in [2.75, 3.05) is 12.8 Å². The summed E-state index contributed by atoms with van der Waals surface area (Å²) in [5.74, 6) is 0. The van der Waals surface area contributed by atoms with Crippen LogP contribution in [0.4, 0.5) is 5.69 Å². The van der Waals surface area contributed by atoms with Gasteiger partial charge in [-0.2, -0.15) is 0 Å².